The first kappa shape index (κ1) is 10.5. The second-order valence-corrected chi connectivity index (χ2v) is 3.94. The Morgan fingerprint density at radius 3 is 2.47 bits per heavy atom. The van der Waals surface area contributed by atoms with Crippen molar-refractivity contribution < 1.29 is 9.57 Å². The maximum absolute atomic E-state index is 5.75. The SMILES string of the molecule is NOCCc1ccc(OC2CCC2)cc1. The van der Waals surface area contributed by atoms with E-state index in [1.807, 2.05) is 12.1 Å². The molecule has 1 saturated carbocycles. The fourth-order valence-electron chi connectivity index (χ4n) is 1.59. The van der Waals surface area contributed by atoms with Crippen LogP contribution in [0.25, 0.3) is 0 Å². The highest BCUT2D eigenvalue weighted by Crippen LogP contribution is 2.25. The van der Waals surface area contributed by atoms with Crippen LogP contribution in [0.1, 0.15) is 24.8 Å². The smallest absolute Gasteiger partial charge is 0.119 e. The third-order valence-corrected chi connectivity index (χ3v) is 2.79. The molecule has 82 valence electrons. The first-order chi connectivity index (χ1) is 7.38. The van der Waals surface area contributed by atoms with Crippen molar-refractivity contribution >= 4 is 0 Å². The van der Waals surface area contributed by atoms with Crippen LogP contribution >= 0.6 is 0 Å². The van der Waals surface area contributed by atoms with Gasteiger partial charge in [0.1, 0.15) is 5.75 Å². The summed E-state index contributed by atoms with van der Waals surface area (Å²) < 4.78 is 5.75. The number of rotatable bonds is 5. The van der Waals surface area contributed by atoms with Gasteiger partial charge in [-0.3, -0.25) is 0 Å². The molecule has 0 amide bonds. The minimum Gasteiger partial charge on any atom is -0.490 e. The summed E-state index contributed by atoms with van der Waals surface area (Å²) in [4.78, 5) is 4.54. The molecule has 1 fully saturated rings. The van der Waals surface area contributed by atoms with Gasteiger partial charge in [-0.25, -0.2) is 5.90 Å². The molecule has 0 bridgehead atoms. The third kappa shape index (κ3) is 2.94. The third-order valence-electron chi connectivity index (χ3n) is 2.79. The molecule has 0 unspecified atom stereocenters. The van der Waals surface area contributed by atoms with E-state index in [9.17, 15) is 0 Å². The van der Waals surface area contributed by atoms with E-state index in [2.05, 4.69) is 17.0 Å². The molecule has 0 aromatic heterocycles. The van der Waals surface area contributed by atoms with Crippen molar-refractivity contribution in [2.75, 3.05) is 6.61 Å². The molecule has 1 aliphatic rings. The monoisotopic (exact) mass is 207 g/mol. The van der Waals surface area contributed by atoms with E-state index in [-0.39, 0.29) is 0 Å². The van der Waals surface area contributed by atoms with Crippen LogP contribution in [0.5, 0.6) is 5.75 Å². The van der Waals surface area contributed by atoms with Gasteiger partial charge >= 0.3 is 0 Å². The molecular weight excluding hydrogens is 190 g/mol. The van der Waals surface area contributed by atoms with Gasteiger partial charge in [0.2, 0.25) is 0 Å². The molecule has 3 heteroatoms. The van der Waals surface area contributed by atoms with Gasteiger partial charge in [-0.1, -0.05) is 12.1 Å². The number of hydrogen-bond acceptors (Lipinski definition) is 3. The summed E-state index contributed by atoms with van der Waals surface area (Å²) in [6.45, 7) is 0.558. The van der Waals surface area contributed by atoms with E-state index in [0.717, 1.165) is 12.2 Å². The molecule has 0 atom stereocenters. The van der Waals surface area contributed by atoms with Crippen molar-refractivity contribution in [2.24, 2.45) is 5.90 Å². The lowest BCUT2D eigenvalue weighted by Crippen LogP contribution is -2.24. The number of hydrogen-bond donors (Lipinski definition) is 1. The largest absolute Gasteiger partial charge is 0.490 e. The average Bonchev–Trinajstić information content (AvgIpc) is 2.22. The Morgan fingerprint density at radius 1 is 1.20 bits per heavy atom. The Bertz CT molecular complexity index is 293. The highest BCUT2D eigenvalue weighted by atomic mass is 16.6. The van der Waals surface area contributed by atoms with E-state index in [1.54, 1.807) is 0 Å². The fraction of sp³-hybridized carbons (Fsp3) is 0.500. The number of ether oxygens (including phenoxy) is 1. The first-order valence-electron chi connectivity index (χ1n) is 5.46. The quantitative estimate of drug-likeness (QED) is 0.751. The van der Waals surface area contributed by atoms with Crippen LogP contribution in [-0.2, 0) is 11.3 Å². The highest BCUT2D eigenvalue weighted by molar-refractivity contribution is 5.27. The van der Waals surface area contributed by atoms with E-state index in [4.69, 9.17) is 10.6 Å². The molecule has 2 rings (SSSR count). The molecule has 1 aliphatic carbocycles. The van der Waals surface area contributed by atoms with Crippen LogP contribution < -0.4 is 10.6 Å². The molecule has 3 nitrogen and oxygen atoms in total. The molecule has 0 heterocycles. The second-order valence-electron chi connectivity index (χ2n) is 3.94. The first-order valence-corrected chi connectivity index (χ1v) is 5.46. The van der Waals surface area contributed by atoms with E-state index < -0.39 is 0 Å². The van der Waals surface area contributed by atoms with Gasteiger partial charge in [0.05, 0.1) is 12.7 Å². The fourth-order valence-corrected chi connectivity index (χ4v) is 1.59. The Kier molecular flexibility index (Phi) is 3.59. The summed E-state index contributed by atoms with van der Waals surface area (Å²) in [6, 6.07) is 8.16. The summed E-state index contributed by atoms with van der Waals surface area (Å²) in [6.07, 6.45) is 4.99. The van der Waals surface area contributed by atoms with Crippen LogP contribution in [0.15, 0.2) is 24.3 Å². The van der Waals surface area contributed by atoms with Crippen molar-refractivity contribution in [3.8, 4) is 5.75 Å². The normalized spacial score (nSPS) is 16.1. The van der Waals surface area contributed by atoms with Gasteiger partial charge in [0.15, 0.2) is 0 Å². The van der Waals surface area contributed by atoms with Crippen molar-refractivity contribution in [3.05, 3.63) is 29.8 Å². The van der Waals surface area contributed by atoms with Crippen molar-refractivity contribution in [3.63, 3.8) is 0 Å². The van der Waals surface area contributed by atoms with Crippen molar-refractivity contribution in [1.82, 2.24) is 0 Å². The highest BCUT2D eigenvalue weighted by Gasteiger charge is 2.18. The summed E-state index contributed by atoms with van der Waals surface area (Å²) in [5.41, 5.74) is 1.22. The topological polar surface area (TPSA) is 44.5 Å². The average molecular weight is 207 g/mol. The zero-order valence-electron chi connectivity index (χ0n) is 8.82. The van der Waals surface area contributed by atoms with E-state index >= 15 is 0 Å². The van der Waals surface area contributed by atoms with Crippen LogP contribution in [0, 0.1) is 0 Å². The number of nitrogens with two attached hydrogens (primary N) is 1. The lowest BCUT2D eigenvalue weighted by molar-refractivity contribution is 0.120. The summed E-state index contributed by atoms with van der Waals surface area (Å²) in [7, 11) is 0. The summed E-state index contributed by atoms with van der Waals surface area (Å²) >= 11 is 0. The molecule has 1 aromatic rings. The molecule has 2 N–H and O–H groups in total. The minimum absolute atomic E-state index is 0.447. The molecule has 0 radical (unpaired) electrons. The standard InChI is InChI=1S/C12H17NO2/c13-14-9-8-10-4-6-12(7-5-10)15-11-2-1-3-11/h4-7,11H,1-3,8-9,13H2. The van der Waals surface area contributed by atoms with Crippen molar-refractivity contribution in [1.29, 1.82) is 0 Å². The molecule has 1 aromatic carbocycles. The van der Waals surface area contributed by atoms with Gasteiger partial charge in [-0.2, -0.15) is 0 Å². The molecule has 15 heavy (non-hydrogen) atoms. The number of benzene rings is 1. The summed E-state index contributed by atoms with van der Waals surface area (Å²) in [5.74, 6) is 5.94. The van der Waals surface area contributed by atoms with Gasteiger partial charge in [0.25, 0.3) is 0 Å². The maximum atomic E-state index is 5.75. The molecule has 0 spiro atoms. The minimum atomic E-state index is 0.447. The van der Waals surface area contributed by atoms with Gasteiger partial charge in [0, 0.05) is 0 Å². The lowest BCUT2D eigenvalue weighted by atomic mass is 9.96. The predicted molar refractivity (Wildman–Crippen MR) is 58.6 cm³/mol. The van der Waals surface area contributed by atoms with Crippen LogP contribution in [0.2, 0.25) is 0 Å². The molecular formula is C12H17NO2. The molecule has 0 aliphatic heterocycles. The van der Waals surface area contributed by atoms with E-state index in [0.29, 0.717) is 12.7 Å². The second kappa shape index (κ2) is 5.14. The van der Waals surface area contributed by atoms with Crippen LogP contribution in [0.4, 0.5) is 0 Å². The molecule has 0 saturated heterocycles. The van der Waals surface area contributed by atoms with Crippen molar-refractivity contribution in [2.45, 2.75) is 31.8 Å². The lowest BCUT2D eigenvalue weighted by Gasteiger charge is -2.26. The van der Waals surface area contributed by atoms with E-state index in [1.165, 1.54) is 24.8 Å². The van der Waals surface area contributed by atoms with Gasteiger partial charge < -0.3 is 9.57 Å². The van der Waals surface area contributed by atoms with Crippen LogP contribution in [-0.4, -0.2) is 12.7 Å². The Morgan fingerprint density at radius 2 is 1.93 bits per heavy atom. The Balaban J connectivity index is 1.85. The summed E-state index contributed by atoms with van der Waals surface area (Å²) in [5, 5.41) is 0. The van der Waals surface area contributed by atoms with Crippen LogP contribution in [0.3, 0.4) is 0 Å². The van der Waals surface area contributed by atoms with Gasteiger partial charge in [-0.15, -0.1) is 0 Å². The zero-order chi connectivity index (χ0) is 10.5. The van der Waals surface area contributed by atoms with Gasteiger partial charge in [-0.05, 0) is 43.4 Å². The predicted octanol–water partition coefficient (Wildman–Crippen LogP) is 2.05. The Hall–Kier alpha value is -1.06. The Labute approximate surface area is 90.1 Å². The zero-order valence-corrected chi connectivity index (χ0v) is 8.82. The maximum Gasteiger partial charge on any atom is 0.119 e.